The zero-order valence-corrected chi connectivity index (χ0v) is 27.7. The molecule has 0 aliphatic carbocycles. The average molecular weight is 588 g/mol. The summed E-state index contributed by atoms with van der Waals surface area (Å²) in [6.07, 6.45) is 4.39. The lowest BCUT2D eigenvalue weighted by molar-refractivity contribution is 0.945. The van der Waals surface area contributed by atoms with Crippen molar-refractivity contribution in [1.82, 2.24) is 0 Å². The predicted molar refractivity (Wildman–Crippen MR) is 198 cm³/mol. The molecule has 0 unspecified atom stereocenters. The molecule has 0 aliphatic rings. The van der Waals surface area contributed by atoms with Gasteiger partial charge < -0.3 is 4.90 Å². The number of hydrogen-bond donors (Lipinski definition) is 0. The largest absolute Gasteiger partial charge is 0.310 e. The SMILES string of the molecule is CCCC(=C(CCC)c1ccc2cc(N(c3ccc(C)cc3C)c3ccc(C)cc3C)ccc2c1)c1ccc2ccccc2c1. The first-order chi connectivity index (χ1) is 21.9. The fourth-order valence-corrected chi connectivity index (χ4v) is 6.90. The van der Waals surface area contributed by atoms with Crippen LogP contribution in [0.2, 0.25) is 0 Å². The molecule has 1 heteroatoms. The molecule has 0 aromatic heterocycles. The van der Waals surface area contributed by atoms with Gasteiger partial charge in [-0.3, -0.25) is 0 Å². The van der Waals surface area contributed by atoms with Crippen molar-refractivity contribution in [3.05, 3.63) is 149 Å². The summed E-state index contributed by atoms with van der Waals surface area (Å²) in [4.78, 5) is 2.43. The summed E-state index contributed by atoms with van der Waals surface area (Å²) in [5.41, 5.74) is 14.4. The summed E-state index contributed by atoms with van der Waals surface area (Å²) in [5.74, 6) is 0. The van der Waals surface area contributed by atoms with Crippen molar-refractivity contribution < 1.29 is 0 Å². The maximum absolute atomic E-state index is 2.43. The molecule has 6 aromatic rings. The minimum atomic E-state index is 1.07. The van der Waals surface area contributed by atoms with Crippen LogP contribution in [0, 0.1) is 27.7 Å². The van der Waals surface area contributed by atoms with Gasteiger partial charge in [0.1, 0.15) is 0 Å². The van der Waals surface area contributed by atoms with Crippen LogP contribution in [0.3, 0.4) is 0 Å². The Kier molecular flexibility index (Phi) is 8.90. The Morgan fingerprint density at radius 2 is 0.933 bits per heavy atom. The zero-order valence-electron chi connectivity index (χ0n) is 27.7. The van der Waals surface area contributed by atoms with E-state index in [1.807, 2.05) is 0 Å². The Morgan fingerprint density at radius 3 is 1.47 bits per heavy atom. The first-order valence-electron chi connectivity index (χ1n) is 16.6. The molecule has 6 rings (SSSR count). The number of nitrogens with zero attached hydrogens (tertiary/aromatic N) is 1. The molecule has 0 heterocycles. The highest BCUT2D eigenvalue weighted by Crippen LogP contribution is 2.41. The van der Waals surface area contributed by atoms with Crippen LogP contribution >= 0.6 is 0 Å². The van der Waals surface area contributed by atoms with Gasteiger partial charge in [-0.05, 0) is 132 Å². The molecule has 0 fully saturated rings. The van der Waals surface area contributed by atoms with E-state index >= 15 is 0 Å². The van der Waals surface area contributed by atoms with Gasteiger partial charge in [0.25, 0.3) is 0 Å². The fraction of sp³-hybridized carbons (Fsp3) is 0.227. The van der Waals surface area contributed by atoms with Gasteiger partial charge >= 0.3 is 0 Å². The highest BCUT2D eigenvalue weighted by atomic mass is 15.1. The lowest BCUT2D eigenvalue weighted by Crippen LogP contribution is -2.13. The van der Waals surface area contributed by atoms with Crippen LogP contribution in [0.25, 0.3) is 32.7 Å². The van der Waals surface area contributed by atoms with Crippen molar-refractivity contribution in [2.24, 2.45) is 0 Å². The first-order valence-corrected chi connectivity index (χ1v) is 16.6. The van der Waals surface area contributed by atoms with E-state index < -0.39 is 0 Å². The average Bonchev–Trinajstić information content (AvgIpc) is 3.04. The van der Waals surface area contributed by atoms with Crippen molar-refractivity contribution in [2.45, 2.75) is 67.2 Å². The second-order valence-electron chi connectivity index (χ2n) is 12.7. The maximum atomic E-state index is 2.43. The van der Waals surface area contributed by atoms with E-state index in [1.54, 1.807) is 0 Å². The van der Waals surface area contributed by atoms with E-state index in [2.05, 4.69) is 162 Å². The van der Waals surface area contributed by atoms with E-state index in [4.69, 9.17) is 0 Å². The van der Waals surface area contributed by atoms with Crippen molar-refractivity contribution in [2.75, 3.05) is 4.90 Å². The number of allylic oxidation sites excluding steroid dienone is 2. The number of rotatable bonds is 9. The number of aryl methyl sites for hydroxylation is 4. The summed E-state index contributed by atoms with van der Waals surface area (Å²) in [7, 11) is 0. The van der Waals surface area contributed by atoms with Gasteiger partial charge in [-0.1, -0.05) is 117 Å². The van der Waals surface area contributed by atoms with Crippen molar-refractivity contribution >= 4 is 49.8 Å². The van der Waals surface area contributed by atoms with Crippen molar-refractivity contribution in [1.29, 1.82) is 0 Å². The van der Waals surface area contributed by atoms with Crippen molar-refractivity contribution in [3.63, 3.8) is 0 Å². The Balaban J connectivity index is 1.47. The monoisotopic (exact) mass is 587 g/mol. The van der Waals surface area contributed by atoms with Crippen LogP contribution < -0.4 is 4.90 Å². The standard InChI is InChI=1S/C44H45N/c1-7-11-41(38-19-17-34-13-9-10-14-35(34)27-38)42(12-8-2)39-20-18-37-29-40(22-21-36(37)28-39)45(43-23-15-30(3)25-32(43)5)44-24-16-31(4)26-33(44)6/h9-10,13-29H,7-8,11-12H2,1-6H3. The number of hydrogen-bond acceptors (Lipinski definition) is 1. The smallest absolute Gasteiger partial charge is 0.0491 e. The normalized spacial score (nSPS) is 12.0. The molecule has 0 spiro atoms. The van der Waals surface area contributed by atoms with Gasteiger partial charge in [-0.15, -0.1) is 0 Å². The second-order valence-corrected chi connectivity index (χ2v) is 12.7. The van der Waals surface area contributed by atoms with Gasteiger partial charge in [-0.25, -0.2) is 0 Å². The molecule has 1 nitrogen and oxygen atoms in total. The molecule has 6 aromatic carbocycles. The van der Waals surface area contributed by atoms with Crippen LogP contribution in [0.4, 0.5) is 17.1 Å². The fourth-order valence-electron chi connectivity index (χ4n) is 6.90. The molecule has 0 radical (unpaired) electrons. The Labute approximate surface area is 269 Å². The highest BCUT2D eigenvalue weighted by molar-refractivity contribution is 5.98. The molecule has 226 valence electrons. The quantitative estimate of drug-likeness (QED) is 0.152. The van der Waals surface area contributed by atoms with Gasteiger partial charge in [-0.2, -0.15) is 0 Å². The summed E-state index contributed by atoms with van der Waals surface area (Å²) < 4.78 is 0. The van der Waals surface area contributed by atoms with Gasteiger partial charge in [0, 0.05) is 17.1 Å². The number of fused-ring (bicyclic) bond motifs is 2. The summed E-state index contributed by atoms with van der Waals surface area (Å²) in [5, 5.41) is 5.14. The third-order valence-electron chi connectivity index (χ3n) is 9.08. The van der Waals surface area contributed by atoms with E-state index in [-0.39, 0.29) is 0 Å². The molecule has 0 amide bonds. The van der Waals surface area contributed by atoms with E-state index in [1.165, 1.54) is 83.1 Å². The van der Waals surface area contributed by atoms with Crippen LogP contribution in [-0.2, 0) is 0 Å². The molecular formula is C44H45N. The van der Waals surface area contributed by atoms with Crippen LogP contribution in [0.5, 0.6) is 0 Å². The van der Waals surface area contributed by atoms with Gasteiger partial charge in [0.05, 0.1) is 0 Å². The number of anilines is 3. The molecule has 0 bridgehead atoms. The van der Waals surface area contributed by atoms with Gasteiger partial charge in [0.15, 0.2) is 0 Å². The minimum Gasteiger partial charge on any atom is -0.310 e. The molecule has 0 atom stereocenters. The second kappa shape index (κ2) is 13.2. The summed E-state index contributed by atoms with van der Waals surface area (Å²) in [6.45, 7) is 13.4. The van der Waals surface area contributed by atoms with Crippen LogP contribution in [-0.4, -0.2) is 0 Å². The first kappa shape index (κ1) is 30.4. The summed E-state index contributed by atoms with van der Waals surface area (Å²) >= 11 is 0. The molecule has 0 saturated heterocycles. The molecule has 45 heavy (non-hydrogen) atoms. The third kappa shape index (κ3) is 6.31. The van der Waals surface area contributed by atoms with E-state index in [0.29, 0.717) is 0 Å². The minimum absolute atomic E-state index is 1.07. The third-order valence-corrected chi connectivity index (χ3v) is 9.08. The van der Waals surface area contributed by atoms with Gasteiger partial charge in [0.2, 0.25) is 0 Å². The zero-order chi connectivity index (χ0) is 31.5. The maximum Gasteiger partial charge on any atom is 0.0491 e. The molecular weight excluding hydrogens is 542 g/mol. The molecule has 0 saturated carbocycles. The van der Waals surface area contributed by atoms with E-state index in [0.717, 1.165) is 25.7 Å². The Morgan fingerprint density at radius 1 is 0.467 bits per heavy atom. The molecule has 0 N–H and O–H groups in total. The van der Waals surface area contributed by atoms with Crippen LogP contribution in [0.15, 0.2) is 115 Å². The highest BCUT2D eigenvalue weighted by Gasteiger charge is 2.18. The topological polar surface area (TPSA) is 3.24 Å². The number of benzene rings is 6. The Bertz CT molecular complexity index is 1970. The Hall–Kier alpha value is -4.62. The van der Waals surface area contributed by atoms with Crippen LogP contribution in [0.1, 0.15) is 72.9 Å². The molecule has 0 aliphatic heterocycles. The lowest BCUT2D eigenvalue weighted by Gasteiger charge is -2.29. The van der Waals surface area contributed by atoms with Crippen molar-refractivity contribution in [3.8, 4) is 0 Å². The lowest BCUT2D eigenvalue weighted by atomic mass is 9.87. The summed E-state index contributed by atoms with van der Waals surface area (Å²) in [6, 6.07) is 43.3. The van der Waals surface area contributed by atoms with E-state index in [9.17, 15) is 0 Å². The predicted octanol–water partition coefficient (Wildman–Crippen LogP) is 13.2.